The Balaban J connectivity index is 2.28. The molecule has 1 aromatic carbocycles. The van der Waals surface area contributed by atoms with Crippen molar-refractivity contribution in [1.82, 2.24) is 0 Å². The fraction of sp³-hybridized carbons (Fsp3) is 0.533. The molecule has 0 saturated heterocycles. The van der Waals surface area contributed by atoms with Gasteiger partial charge in [0.05, 0.1) is 13.0 Å². The van der Waals surface area contributed by atoms with Gasteiger partial charge in [0.25, 0.3) is 0 Å². The number of phenolic OH excluding ortho intramolecular Hbond substituents is 1. The van der Waals surface area contributed by atoms with Crippen LogP contribution in [0.25, 0.3) is 0 Å². The van der Waals surface area contributed by atoms with Crippen molar-refractivity contribution in [2.24, 2.45) is 0 Å². The number of aryl methyl sites for hydroxylation is 1. The van der Waals surface area contributed by atoms with Crippen molar-refractivity contribution in [3.8, 4) is 5.75 Å². The van der Waals surface area contributed by atoms with Crippen LogP contribution in [0.2, 0.25) is 0 Å². The van der Waals surface area contributed by atoms with Crippen LogP contribution in [0, 0.1) is 6.92 Å². The first-order chi connectivity index (χ1) is 8.54. The predicted molar refractivity (Wildman–Crippen MR) is 69.9 cm³/mol. The first kappa shape index (κ1) is 12.9. The standard InChI is InChI=1S/C15H20O3/c1-4-18-13(16)8-11-7-10(3)12-6-5-9(2)15(17)14(11)12/h5-6,10-11,17H,4,7-8H2,1-3H3/t10-,11-/m1/s1. The molecule has 1 aliphatic carbocycles. The van der Waals surface area contributed by atoms with Gasteiger partial charge in [-0.2, -0.15) is 0 Å². The number of esters is 1. The van der Waals surface area contributed by atoms with Crippen molar-refractivity contribution < 1.29 is 14.6 Å². The minimum absolute atomic E-state index is 0.0916. The smallest absolute Gasteiger partial charge is 0.306 e. The van der Waals surface area contributed by atoms with Gasteiger partial charge in [0.15, 0.2) is 0 Å². The van der Waals surface area contributed by atoms with Gasteiger partial charge in [-0.15, -0.1) is 0 Å². The summed E-state index contributed by atoms with van der Waals surface area (Å²) in [5, 5.41) is 10.2. The van der Waals surface area contributed by atoms with Crippen molar-refractivity contribution in [2.75, 3.05) is 6.61 Å². The molecule has 1 aliphatic rings. The number of benzene rings is 1. The van der Waals surface area contributed by atoms with E-state index in [1.54, 1.807) is 0 Å². The lowest BCUT2D eigenvalue weighted by molar-refractivity contribution is -0.143. The Morgan fingerprint density at radius 1 is 1.50 bits per heavy atom. The SMILES string of the molecule is CCOC(=O)C[C@H]1C[C@@H](C)c2ccc(C)c(O)c21. The summed E-state index contributed by atoms with van der Waals surface area (Å²) < 4.78 is 5.00. The van der Waals surface area contributed by atoms with E-state index >= 15 is 0 Å². The summed E-state index contributed by atoms with van der Waals surface area (Å²) >= 11 is 0. The zero-order chi connectivity index (χ0) is 13.3. The average Bonchev–Trinajstić information content (AvgIpc) is 2.61. The summed E-state index contributed by atoms with van der Waals surface area (Å²) in [5.74, 6) is 0.662. The number of phenols is 1. The zero-order valence-electron chi connectivity index (χ0n) is 11.2. The van der Waals surface area contributed by atoms with Gasteiger partial charge >= 0.3 is 5.97 Å². The van der Waals surface area contributed by atoms with E-state index in [1.165, 1.54) is 5.56 Å². The molecular weight excluding hydrogens is 228 g/mol. The molecule has 0 fully saturated rings. The second-order valence-electron chi connectivity index (χ2n) is 5.08. The van der Waals surface area contributed by atoms with Crippen molar-refractivity contribution in [2.45, 2.75) is 45.4 Å². The van der Waals surface area contributed by atoms with Gasteiger partial charge in [0, 0.05) is 5.56 Å². The van der Waals surface area contributed by atoms with Crippen LogP contribution in [0.5, 0.6) is 5.75 Å². The summed E-state index contributed by atoms with van der Waals surface area (Å²) in [5.41, 5.74) is 3.00. The number of fused-ring (bicyclic) bond motifs is 1. The molecule has 0 bridgehead atoms. The molecule has 0 aliphatic heterocycles. The Bertz CT molecular complexity index is 465. The third-order valence-corrected chi connectivity index (χ3v) is 3.75. The Labute approximate surface area is 108 Å². The lowest BCUT2D eigenvalue weighted by atomic mass is 9.95. The number of carbonyl (C=O) groups is 1. The Kier molecular flexibility index (Phi) is 3.60. The zero-order valence-corrected chi connectivity index (χ0v) is 11.2. The molecule has 1 N–H and O–H groups in total. The van der Waals surface area contributed by atoms with E-state index in [4.69, 9.17) is 4.74 Å². The Morgan fingerprint density at radius 2 is 2.22 bits per heavy atom. The maximum atomic E-state index is 11.6. The molecule has 0 unspecified atom stereocenters. The number of carbonyl (C=O) groups excluding carboxylic acids is 1. The van der Waals surface area contributed by atoms with Crippen LogP contribution >= 0.6 is 0 Å². The van der Waals surface area contributed by atoms with Crippen LogP contribution in [0.15, 0.2) is 12.1 Å². The second kappa shape index (κ2) is 5.01. The highest BCUT2D eigenvalue weighted by molar-refractivity contribution is 5.71. The summed E-state index contributed by atoms with van der Waals surface area (Å²) in [7, 11) is 0. The molecule has 2 atom stereocenters. The molecule has 0 spiro atoms. The first-order valence-electron chi connectivity index (χ1n) is 6.52. The molecule has 18 heavy (non-hydrogen) atoms. The van der Waals surface area contributed by atoms with Gasteiger partial charge in [-0.1, -0.05) is 19.1 Å². The molecule has 0 radical (unpaired) electrons. The maximum absolute atomic E-state index is 11.6. The van der Waals surface area contributed by atoms with Gasteiger partial charge in [0.2, 0.25) is 0 Å². The minimum atomic E-state index is -0.177. The maximum Gasteiger partial charge on any atom is 0.306 e. The van der Waals surface area contributed by atoms with E-state index in [0.29, 0.717) is 24.7 Å². The topological polar surface area (TPSA) is 46.5 Å². The number of hydrogen-bond acceptors (Lipinski definition) is 3. The van der Waals surface area contributed by atoms with E-state index < -0.39 is 0 Å². The molecule has 1 aromatic rings. The summed E-state index contributed by atoms with van der Waals surface area (Å²) in [4.78, 5) is 11.6. The normalized spacial score (nSPS) is 21.7. The lowest BCUT2D eigenvalue weighted by Crippen LogP contribution is -2.09. The van der Waals surface area contributed by atoms with Crippen LogP contribution in [-0.4, -0.2) is 17.7 Å². The summed E-state index contributed by atoms with van der Waals surface area (Å²) in [6, 6.07) is 4.01. The fourth-order valence-corrected chi connectivity index (χ4v) is 2.87. The molecule has 0 heterocycles. The number of aromatic hydroxyl groups is 1. The monoisotopic (exact) mass is 248 g/mol. The third-order valence-electron chi connectivity index (χ3n) is 3.75. The molecule has 2 rings (SSSR count). The van der Waals surface area contributed by atoms with Crippen LogP contribution in [0.1, 0.15) is 55.2 Å². The van der Waals surface area contributed by atoms with Crippen LogP contribution in [0.4, 0.5) is 0 Å². The van der Waals surface area contributed by atoms with E-state index in [1.807, 2.05) is 19.9 Å². The number of rotatable bonds is 3. The minimum Gasteiger partial charge on any atom is -0.507 e. The quantitative estimate of drug-likeness (QED) is 0.835. The summed E-state index contributed by atoms with van der Waals surface area (Å²) in [6.45, 7) is 6.25. The van der Waals surface area contributed by atoms with Crippen LogP contribution in [-0.2, 0) is 9.53 Å². The molecule has 0 saturated carbocycles. The van der Waals surface area contributed by atoms with Crippen molar-refractivity contribution in [3.05, 3.63) is 28.8 Å². The highest BCUT2D eigenvalue weighted by atomic mass is 16.5. The van der Waals surface area contributed by atoms with Crippen molar-refractivity contribution in [3.63, 3.8) is 0 Å². The third kappa shape index (κ3) is 2.22. The van der Waals surface area contributed by atoms with Gasteiger partial charge in [0.1, 0.15) is 5.75 Å². The molecule has 0 aromatic heterocycles. The van der Waals surface area contributed by atoms with Crippen LogP contribution in [0.3, 0.4) is 0 Å². The number of ether oxygens (including phenoxy) is 1. The van der Waals surface area contributed by atoms with E-state index in [0.717, 1.165) is 17.5 Å². The van der Waals surface area contributed by atoms with E-state index in [-0.39, 0.29) is 11.9 Å². The Hall–Kier alpha value is -1.51. The van der Waals surface area contributed by atoms with E-state index in [2.05, 4.69) is 13.0 Å². The summed E-state index contributed by atoms with van der Waals surface area (Å²) in [6.07, 6.45) is 1.27. The van der Waals surface area contributed by atoms with Crippen molar-refractivity contribution >= 4 is 5.97 Å². The first-order valence-corrected chi connectivity index (χ1v) is 6.52. The molecule has 98 valence electrons. The molecule has 0 amide bonds. The molecule has 3 heteroatoms. The predicted octanol–water partition coefficient (Wildman–Crippen LogP) is 3.24. The van der Waals surface area contributed by atoms with Gasteiger partial charge in [-0.25, -0.2) is 0 Å². The molecule has 3 nitrogen and oxygen atoms in total. The highest BCUT2D eigenvalue weighted by Crippen LogP contribution is 2.48. The highest BCUT2D eigenvalue weighted by Gasteiger charge is 2.33. The lowest BCUT2D eigenvalue weighted by Gasteiger charge is -2.13. The average molecular weight is 248 g/mol. The second-order valence-corrected chi connectivity index (χ2v) is 5.08. The van der Waals surface area contributed by atoms with Gasteiger partial charge < -0.3 is 9.84 Å². The van der Waals surface area contributed by atoms with Crippen molar-refractivity contribution in [1.29, 1.82) is 0 Å². The molecular formula is C15H20O3. The van der Waals surface area contributed by atoms with Gasteiger partial charge in [-0.05, 0) is 43.2 Å². The van der Waals surface area contributed by atoms with E-state index in [9.17, 15) is 9.90 Å². The fourth-order valence-electron chi connectivity index (χ4n) is 2.87. The Morgan fingerprint density at radius 3 is 2.89 bits per heavy atom. The number of hydrogen-bond donors (Lipinski definition) is 1. The van der Waals surface area contributed by atoms with Crippen LogP contribution < -0.4 is 0 Å². The van der Waals surface area contributed by atoms with Gasteiger partial charge in [-0.3, -0.25) is 4.79 Å². The largest absolute Gasteiger partial charge is 0.507 e.